The van der Waals surface area contributed by atoms with E-state index in [1.165, 1.54) is 11.9 Å². The summed E-state index contributed by atoms with van der Waals surface area (Å²) in [5.41, 5.74) is 2.31. The van der Waals surface area contributed by atoms with Gasteiger partial charge in [0.15, 0.2) is 0 Å². The highest BCUT2D eigenvalue weighted by Crippen LogP contribution is 2.27. The van der Waals surface area contributed by atoms with Crippen molar-refractivity contribution in [3.63, 3.8) is 0 Å². The largest absolute Gasteiger partial charge is 0.369 e. The van der Waals surface area contributed by atoms with Crippen molar-refractivity contribution in [2.24, 2.45) is 16.2 Å². The fraction of sp³-hybridized carbons (Fsp3) is 0.389. The highest BCUT2D eigenvalue weighted by Gasteiger charge is 2.25. The van der Waals surface area contributed by atoms with Crippen molar-refractivity contribution in [2.45, 2.75) is 18.9 Å². The van der Waals surface area contributed by atoms with Crippen LogP contribution in [-0.2, 0) is 0 Å². The van der Waals surface area contributed by atoms with Crippen molar-refractivity contribution in [3.8, 4) is 0 Å². The molecule has 2 aliphatic rings. The minimum absolute atomic E-state index is 0.251. The first-order chi connectivity index (χ1) is 13.7. The molecule has 1 amide bonds. The first-order valence-corrected chi connectivity index (χ1v) is 9.34. The van der Waals surface area contributed by atoms with Gasteiger partial charge in [0.2, 0.25) is 5.95 Å². The van der Waals surface area contributed by atoms with Gasteiger partial charge in [-0.15, -0.1) is 0 Å². The van der Waals surface area contributed by atoms with Gasteiger partial charge >= 0.3 is 5.91 Å². The van der Waals surface area contributed by atoms with Crippen LogP contribution in [0.3, 0.4) is 0 Å². The quantitative estimate of drug-likeness (QED) is 0.337. The molecule has 0 atom stereocenters. The van der Waals surface area contributed by atoms with Gasteiger partial charge in [-0.25, -0.2) is 4.98 Å². The molecule has 1 saturated carbocycles. The van der Waals surface area contributed by atoms with E-state index in [1.807, 2.05) is 12.1 Å². The van der Waals surface area contributed by atoms with Crippen LogP contribution in [0.2, 0.25) is 0 Å². The predicted molar refractivity (Wildman–Crippen MR) is 107 cm³/mol. The Morgan fingerprint density at radius 3 is 2.64 bits per heavy atom. The SMILES string of the molecule is NN=NC(=O)c1cnc(Nc2ccc(N3CCNCC3)cc2)nc1NC1CC1. The summed E-state index contributed by atoms with van der Waals surface area (Å²) >= 11 is 0. The van der Waals surface area contributed by atoms with Crippen molar-refractivity contribution in [2.75, 3.05) is 41.7 Å². The van der Waals surface area contributed by atoms with E-state index in [1.54, 1.807) is 0 Å². The van der Waals surface area contributed by atoms with Gasteiger partial charge in [-0.05, 0) is 37.1 Å². The highest BCUT2D eigenvalue weighted by atomic mass is 16.1. The van der Waals surface area contributed by atoms with Gasteiger partial charge < -0.3 is 26.7 Å². The first-order valence-electron chi connectivity index (χ1n) is 9.34. The maximum absolute atomic E-state index is 12.0. The molecule has 0 unspecified atom stereocenters. The highest BCUT2D eigenvalue weighted by molar-refractivity contribution is 5.99. The van der Waals surface area contributed by atoms with Crippen LogP contribution in [0.15, 0.2) is 40.8 Å². The van der Waals surface area contributed by atoms with E-state index in [0.717, 1.165) is 44.7 Å². The van der Waals surface area contributed by atoms with Crippen LogP contribution < -0.4 is 26.7 Å². The standard InChI is InChI=1S/C18H23N9O/c19-26-25-17(28)15-11-21-18(24-16(15)22-12-1-2-12)23-13-3-5-14(6-4-13)27-9-7-20-8-10-27/h3-6,11-12,20H,1-2,7-10H2,(H2,19,25,28)(H2,21,22,23,24). The van der Waals surface area contributed by atoms with E-state index in [2.05, 4.69) is 53.3 Å². The molecule has 28 heavy (non-hydrogen) atoms. The fourth-order valence-electron chi connectivity index (χ4n) is 3.04. The smallest absolute Gasteiger partial charge is 0.302 e. The van der Waals surface area contributed by atoms with Crippen LogP contribution >= 0.6 is 0 Å². The molecule has 1 aliphatic carbocycles. The van der Waals surface area contributed by atoms with Gasteiger partial charge in [-0.3, -0.25) is 4.79 Å². The Morgan fingerprint density at radius 2 is 1.96 bits per heavy atom. The number of nitrogens with zero attached hydrogens (tertiary/aromatic N) is 5. The van der Waals surface area contributed by atoms with E-state index in [0.29, 0.717) is 17.8 Å². The van der Waals surface area contributed by atoms with Gasteiger partial charge in [0.05, 0.1) is 0 Å². The third-order valence-corrected chi connectivity index (χ3v) is 4.69. The molecule has 4 rings (SSSR count). The maximum atomic E-state index is 12.0. The number of carbonyl (C=O) groups is 1. The molecular formula is C18H23N9O. The maximum Gasteiger partial charge on any atom is 0.302 e. The Bertz CT molecular complexity index is 858. The minimum Gasteiger partial charge on any atom is -0.369 e. The summed E-state index contributed by atoms with van der Waals surface area (Å²) in [5, 5.41) is 16.2. The minimum atomic E-state index is -0.572. The molecule has 10 heteroatoms. The van der Waals surface area contributed by atoms with Crippen molar-refractivity contribution >= 4 is 29.0 Å². The Hall–Kier alpha value is -3.27. The lowest BCUT2D eigenvalue weighted by Crippen LogP contribution is -2.43. The van der Waals surface area contributed by atoms with Gasteiger partial charge in [-0.1, -0.05) is 10.3 Å². The molecule has 10 nitrogen and oxygen atoms in total. The molecule has 2 aromatic rings. The predicted octanol–water partition coefficient (Wildman–Crippen LogP) is 1.67. The molecule has 146 valence electrons. The third-order valence-electron chi connectivity index (χ3n) is 4.69. The van der Waals surface area contributed by atoms with Crippen LogP contribution in [0.4, 0.5) is 23.1 Å². The fourth-order valence-corrected chi connectivity index (χ4v) is 3.04. The number of amides is 1. The number of nitrogens with one attached hydrogen (secondary N) is 3. The van der Waals surface area contributed by atoms with Crippen molar-refractivity contribution in [1.82, 2.24) is 15.3 Å². The van der Waals surface area contributed by atoms with Crippen LogP contribution in [0.1, 0.15) is 23.2 Å². The third kappa shape index (κ3) is 4.34. The number of hydrogen-bond acceptors (Lipinski definition) is 8. The molecule has 5 N–H and O–H groups in total. The van der Waals surface area contributed by atoms with E-state index >= 15 is 0 Å². The summed E-state index contributed by atoms with van der Waals surface area (Å²) in [5.74, 6) is 5.26. The molecule has 2 heterocycles. The number of piperazine rings is 1. The normalized spacial score (nSPS) is 16.9. The molecule has 0 radical (unpaired) electrons. The summed E-state index contributed by atoms with van der Waals surface area (Å²) < 4.78 is 0. The molecule has 1 aromatic heterocycles. The zero-order valence-corrected chi connectivity index (χ0v) is 15.4. The average Bonchev–Trinajstić information content (AvgIpc) is 3.54. The number of anilines is 4. The van der Waals surface area contributed by atoms with Gasteiger partial charge in [0, 0.05) is 49.8 Å². The summed E-state index contributed by atoms with van der Waals surface area (Å²) in [6, 6.07) is 8.47. The molecule has 1 saturated heterocycles. The van der Waals surface area contributed by atoms with E-state index in [4.69, 9.17) is 5.84 Å². The van der Waals surface area contributed by atoms with Crippen molar-refractivity contribution in [3.05, 3.63) is 36.0 Å². The van der Waals surface area contributed by atoms with Crippen LogP contribution in [0, 0.1) is 0 Å². The second-order valence-electron chi connectivity index (χ2n) is 6.80. The average molecular weight is 381 g/mol. The molecule has 2 fully saturated rings. The number of benzene rings is 1. The van der Waals surface area contributed by atoms with Crippen LogP contribution in [-0.4, -0.2) is 48.1 Å². The number of nitrogens with two attached hydrogens (primary N) is 1. The van der Waals surface area contributed by atoms with Crippen LogP contribution in [0.5, 0.6) is 0 Å². The summed E-state index contributed by atoms with van der Waals surface area (Å²) in [7, 11) is 0. The lowest BCUT2D eigenvalue weighted by Gasteiger charge is -2.29. The van der Waals surface area contributed by atoms with Crippen LogP contribution in [0.25, 0.3) is 0 Å². The molecular weight excluding hydrogens is 358 g/mol. The van der Waals surface area contributed by atoms with Gasteiger partial charge in [0.1, 0.15) is 11.4 Å². The number of aromatic nitrogens is 2. The molecule has 1 aromatic carbocycles. The topological polar surface area (TPSA) is 133 Å². The summed E-state index contributed by atoms with van der Waals surface area (Å²) in [6.07, 6.45) is 3.53. The second kappa shape index (κ2) is 8.17. The molecule has 1 aliphatic heterocycles. The monoisotopic (exact) mass is 381 g/mol. The van der Waals surface area contributed by atoms with Crippen molar-refractivity contribution in [1.29, 1.82) is 0 Å². The number of hydrogen-bond donors (Lipinski definition) is 4. The van der Waals surface area contributed by atoms with Gasteiger partial charge in [0.25, 0.3) is 0 Å². The number of rotatable bonds is 6. The zero-order chi connectivity index (χ0) is 19.3. The Balaban J connectivity index is 1.49. The first kappa shape index (κ1) is 18.1. The molecule has 0 spiro atoms. The van der Waals surface area contributed by atoms with E-state index < -0.39 is 5.91 Å². The van der Waals surface area contributed by atoms with Gasteiger partial charge in [-0.2, -0.15) is 4.98 Å². The lowest BCUT2D eigenvalue weighted by molar-refractivity contribution is 0.0993. The van der Waals surface area contributed by atoms with Crippen molar-refractivity contribution < 1.29 is 4.79 Å². The Morgan fingerprint density at radius 1 is 1.21 bits per heavy atom. The second-order valence-corrected chi connectivity index (χ2v) is 6.80. The van der Waals surface area contributed by atoms with E-state index in [-0.39, 0.29) is 5.56 Å². The lowest BCUT2D eigenvalue weighted by atomic mass is 10.2. The number of carbonyl (C=O) groups excluding carboxylic acids is 1. The van der Waals surface area contributed by atoms with E-state index in [9.17, 15) is 4.79 Å². The summed E-state index contributed by atoms with van der Waals surface area (Å²) in [6.45, 7) is 4.00. The zero-order valence-electron chi connectivity index (χ0n) is 15.4. The Labute approximate surface area is 162 Å². The Kier molecular flexibility index (Phi) is 5.29. The molecule has 0 bridgehead atoms. The summed E-state index contributed by atoms with van der Waals surface area (Å²) in [4.78, 5) is 23.1.